The molecule has 20 heavy (non-hydrogen) atoms. The summed E-state index contributed by atoms with van der Waals surface area (Å²) in [6.45, 7) is 1.71. The van der Waals surface area contributed by atoms with E-state index in [1.807, 2.05) is 0 Å². The van der Waals surface area contributed by atoms with Crippen LogP contribution in [0.25, 0.3) is 0 Å². The van der Waals surface area contributed by atoms with E-state index in [0.717, 1.165) is 0 Å². The van der Waals surface area contributed by atoms with Crippen LogP contribution in [0, 0.1) is 0 Å². The quantitative estimate of drug-likeness (QED) is 0.851. The van der Waals surface area contributed by atoms with Gasteiger partial charge in [-0.05, 0) is 24.6 Å². The van der Waals surface area contributed by atoms with Gasteiger partial charge in [-0.1, -0.05) is 12.1 Å². The lowest BCUT2D eigenvalue weighted by molar-refractivity contribution is -0.136. The summed E-state index contributed by atoms with van der Waals surface area (Å²) in [6.07, 6.45) is 2.80. The number of carbonyl (C=O) groups is 2. The number of rotatable bonds is 5. The molecule has 2 aromatic rings. The van der Waals surface area contributed by atoms with Crippen molar-refractivity contribution in [1.29, 1.82) is 0 Å². The fraction of sp³-hybridized carbons (Fsp3) is 0.231. The highest BCUT2D eigenvalue weighted by Gasteiger charge is 2.15. The van der Waals surface area contributed by atoms with Crippen LogP contribution in [0.3, 0.4) is 0 Å². The van der Waals surface area contributed by atoms with Crippen molar-refractivity contribution >= 4 is 17.6 Å². The number of aliphatic carboxylic acids is 1. The van der Waals surface area contributed by atoms with Crippen LogP contribution >= 0.6 is 0 Å². The van der Waals surface area contributed by atoms with Gasteiger partial charge in [0.15, 0.2) is 0 Å². The Morgan fingerprint density at radius 3 is 2.60 bits per heavy atom. The van der Waals surface area contributed by atoms with E-state index in [2.05, 4.69) is 15.4 Å². The van der Waals surface area contributed by atoms with Crippen LogP contribution in [0.4, 0.5) is 5.69 Å². The van der Waals surface area contributed by atoms with Crippen LogP contribution in [0.2, 0.25) is 0 Å². The molecule has 0 saturated heterocycles. The summed E-state index contributed by atoms with van der Waals surface area (Å²) in [7, 11) is 0. The second-order valence-electron chi connectivity index (χ2n) is 4.31. The lowest BCUT2D eigenvalue weighted by Gasteiger charge is -2.12. The Bertz CT molecular complexity index is 593. The molecule has 2 rings (SSSR count). The zero-order valence-electron chi connectivity index (χ0n) is 10.9. The van der Waals surface area contributed by atoms with E-state index in [1.165, 1.54) is 17.3 Å². The lowest BCUT2D eigenvalue weighted by atomic mass is 10.1. The van der Waals surface area contributed by atoms with Gasteiger partial charge in [0.25, 0.3) is 0 Å². The third kappa shape index (κ3) is 3.41. The smallest absolute Gasteiger partial charge is 0.307 e. The molecule has 0 fully saturated rings. The maximum Gasteiger partial charge on any atom is 0.307 e. The van der Waals surface area contributed by atoms with Gasteiger partial charge in [0.2, 0.25) is 5.91 Å². The monoisotopic (exact) mass is 274 g/mol. The first-order valence-corrected chi connectivity index (χ1v) is 6.02. The summed E-state index contributed by atoms with van der Waals surface area (Å²) in [4.78, 5) is 26.3. The van der Waals surface area contributed by atoms with E-state index >= 15 is 0 Å². The summed E-state index contributed by atoms with van der Waals surface area (Å²) in [6, 6.07) is 6.21. The number of nitrogens with one attached hydrogen (secondary N) is 1. The number of carboxylic acids is 1. The summed E-state index contributed by atoms with van der Waals surface area (Å²) in [5, 5.41) is 15.3. The van der Waals surface area contributed by atoms with Crippen molar-refractivity contribution in [1.82, 2.24) is 14.8 Å². The van der Waals surface area contributed by atoms with Crippen LogP contribution in [0.15, 0.2) is 36.9 Å². The molecule has 1 aromatic carbocycles. The van der Waals surface area contributed by atoms with E-state index < -0.39 is 12.0 Å². The molecule has 1 atom stereocenters. The first-order chi connectivity index (χ1) is 9.56. The number of aromatic nitrogens is 3. The Morgan fingerprint density at radius 2 is 2.05 bits per heavy atom. The van der Waals surface area contributed by atoms with Crippen LogP contribution in [-0.2, 0) is 16.0 Å². The number of carboxylic acid groups (broad SMARTS) is 1. The van der Waals surface area contributed by atoms with Crippen molar-refractivity contribution in [2.24, 2.45) is 0 Å². The zero-order valence-corrected chi connectivity index (χ0v) is 10.9. The third-order valence-electron chi connectivity index (χ3n) is 2.79. The normalized spacial score (nSPS) is 11.8. The van der Waals surface area contributed by atoms with Gasteiger partial charge < -0.3 is 10.4 Å². The lowest BCUT2D eigenvalue weighted by Crippen LogP contribution is -2.24. The summed E-state index contributed by atoms with van der Waals surface area (Å²) in [5.74, 6) is -1.11. The van der Waals surface area contributed by atoms with Gasteiger partial charge in [0.05, 0.1) is 6.42 Å². The van der Waals surface area contributed by atoms with Crippen molar-refractivity contribution in [2.75, 3.05) is 5.32 Å². The molecule has 104 valence electrons. The van der Waals surface area contributed by atoms with Crippen LogP contribution in [0.5, 0.6) is 0 Å². The van der Waals surface area contributed by atoms with Gasteiger partial charge >= 0.3 is 5.97 Å². The van der Waals surface area contributed by atoms with E-state index in [0.29, 0.717) is 11.3 Å². The zero-order chi connectivity index (χ0) is 14.5. The Morgan fingerprint density at radius 1 is 1.35 bits per heavy atom. The average Bonchev–Trinajstić information content (AvgIpc) is 2.93. The van der Waals surface area contributed by atoms with Gasteiger partial charge in [0.1, 0.15) is 18.7 Å². The van der Waals surface area contributed by atoms with Crippen molar-refractivity contribution in [3.8, 4) is 0 Å². The molecule has 1 unspecified atom stereocenters. The van der Waals surface area contributed by atoms with Gasteiger partial charge in [0, 0.05) is 5.69 Å². The molecule has 0 radical (unpaired) electrons. The highest BCUT2D eigenvalue weighted by Crippen LogP contribution is 2.13. The van der Waals surface area contributed by atoms with Crippen LogP contribution < -0.4 is 5.32 Å². The van der Waals surface area contributed by atoms with E-state index in [9.17, 15) is 9.59 Å². The number of nitrogens with zero attached hydrogens (tertiary/aromatic N) is 3. The Balaban J connectivity index is 1.99. The number of hydrogen-bond donors (Lipinski definition) is 2. The third-order valence-corrected chi connectivity index (χ3v) is 2.79. The molecule has 0 aliphatic heterocycles. The molecule has 7 nitrogen and oxygen atoms in total. The minimum Gasteiger partial charge on any atom is -0.481 e. The summed E-state index contributed by atoms with van der Waals surface area (Å²) >= 11 is 0. The molecule has 1 aromatic heterocycles. The largest absolute Gasteiger partial charge is 0.481 e. The van der Waals surface area contributed by atoms with Gasteiger partial charge in [-0.2, -0.15) is 5.10 Å². The topological polar surface area (TPSA) is 97.1 Å². The van der Waals surface area contributed by atoms with Gasteiger partial charge in [-0.3, -0.25) is 9.59 Å². The minimum atomic E-state index is -0.887. The van der Waals surface area contributed by atoms with E-state index in [4.69, 9.17) is 5.11 Å². The van der Waals surface area contributed by atoms with Crippen molar-refractivity contribution < 1.29 is 14.7 Å². The first kappa shape index (κ1) is 13.7. The molecule has 0 aliphatic carbocycles. The molecule has 1 amide bonds. The molecule has 1 heterocycles. The number of anilines is 1. The average molecular weight is 274 g/mol. The van der Waals surface area contributed by atoms with Crippen molar-refractivity contribution in [3.05, 3.63) is 42.5 Å². The molecular weight excluding hydrogens is 260 g/mol. The van der Waals surface area contributed by atoms with Crippen LogP contribution in [0.1, 0.15) is 18.5 Å². The van der Waals surface area contributed by atoms with Crippen molar-refractivity contribution in [3.63, 3.8) is 0 Å². The minimum absolute atomic E-state index is 0.0381. The van der Waals surface area contributed by atoms with Crippen LogP contribution in [-0.4, -0.2) is 31.7 Å². The fourth-order valence-corrected chi connectivity index (χ4v) is 1.66. The molecule has 0 aliphatic rings. The number of hydrogen-bond acceptors (Lipinski definition) is 4. The Hall–Kier alpha value is -2.70. The van der Waals surface area contributed by atoms with E-state index in [1.54, 1.807) is 31.2 Å². The highest BCUT2D eigenvalue weighted by molar-refractivity contribution is 5.93. The first-order valence-electron chi connectivity index (χ1n) is 6.02. The van der Waals surface area contributed by atoms with E-state index in [-0.39, 0.29) is 12.3 Å². The highest BCUT2D eigenvalue weighted by atomic mass is 16.4. The van der Waals surface area contributed by atoms with Crippen molar-refractivity contribution in [2.45, 2.75) is 19.4 Å². The standard InChI is InChI=1S/C13H14N4O3/c1-9(17-8-14-7-15-17)13(20)16-11-4-2-10(3-5-11)6-12(18)19/h2-5,7-9H,6H2,1H3,(H,16,20)(H,18,19). The summed E-state index contributed by atoms with van der Waals surface area (Å²) in [5.41, 5.74) is 1.29. The van der Waals surface area contributed by atoms with Gasteiger partial charge in [-0.25, -0.2) is 9.67 Å². The SMILES string of the molecule is CC(C(=O)Nc1ccc(CC(=O)O)cc1)n1cncn1. The number of carbonyl (C=O) groups excluding carboxylic acids is 1. The molecule has 2 N–H and O–H groups in total. The maximum absolute atomic E-state index is 12.0. The second-order valence-corrected chi connectivity index (χ2v) is 4.31. The van der Waals surface area contributed by atoms with Gasteiger partial charge in [-0.15, -0.1) is 0 Å². The second kappa shape index (κ2) is 5.96. The maximum atomic E-state index is 12.0. The molecule has 0 bridgehead atoms. The Kier molecular flexibility index (Phi) is 4.09. The Labute approximate surface area is 115 Å². The molecule has 0 saturated carbocycles. The molecule has 0 spiro atoms. The molecular formula is C13H14N4O3. The predicted molar refractivity (Wildman–Crippen MR) is 71.1 cm³/mol. The predicted octanol–water partition coefficient (Wildman–Crippen LogP) is 1.10. The summed E-state index contributed by atoms with van der Waals surface area (Å²) < 4.78 is 1.45. The molecule has 7 heteroatoms. The fourth-order valence-electron chi connectivity index (χ4n) is 1.66. The number of amides is 1. The number of benzene rings is 1.